The van der Waals surface area contributed by atoms with E-state index in [1.807, 2.05) is 24.3 Å². The van der Waals surface area contributed by atoms with Crippen LogP contribution in [0.2, 0.25) is 0 Å². The van der Waals surface area contributed by atoms with Gasteiger partial charge in [-0.3, -0.25) is 4.90 Å². The standard InChI is InChI=1S/C21H21N3O3/c22-9-11-26-19-4-6-20(7-5-19)27-15-18(25)14-24-10-8-21-16(12-23)2-1-3-17(21)13-24/h1-7,18,25H,8,10-11,13-15H2. The number of hydrogen-bond donors (Lipinski definition) is 1. The van der Waals surface area contributed by atoms with E-state index in [-0.39, 0.29) is 13.2 Å². The Morgan fingerprint density at radius 1 is 1.07 bits per heavy atom. The molecule has 1 atom stereocenters. The second-order valence-corrected chi connectivity index (χ2v) is 6.42. The number of aliphatic hydroxyl groups excluding tert-OH is 1. The second-order valence-electron chi connectivity index (χ2n) is 6.42. The topological polar surface area (TPSA) is 89.5 Å². The molecule has 1 aliphatic rings. The first-order valence-corrected chi connectivity index (χ1v) is 8.83. The zero-order valence-corrected chi connectivity index (χ0v) is 15.0. The summed E-state index contributed by atoms with van der Waals surface area (Å²) >= 11 is 0. The highest BCUT2D eigenvalue weighted by molar-refractivity contribution is 5.44. The average molecular weight is 363 g/mol. The van der Waals surface area contributed by atoms with E-state index in [2.05, 4.69) is 11.0 Å². The molecule has 3 rings (SSSR count). The smallest absolute Gasteiger partial charge is 0.174 e. The number of nitriles is 2. The van der Waals surface area contributed by atoms with Crippen molar-refractivity contribution in [3.05, 3.63) is 59.2 Å². The first kappa shape index (κ1) is 18.7. The number of nitrogens with zero attached hydrogens (tertiary/aromatic N) is 3. The highest BCUT2D eigenvalue weighted by atomic mass is 16.5. The summed E-state index contributed by atoms with van der Waals surface area (Å²) < 4.78 is 10.8. The van der Waals surface area contributed by atoms with Crippen LogP contribution >= 0.6 is 0 Å². The molecule has 0 saturated carbocycles. The summed E-state index contributed by atoms with van der Waals surface area (Å²) in [6, 6.07) is 16.9. The van der Waals surface area contributed by atoms with Gasteiger partial charge in [0.25, 0.3) is 0 Å². The third-order valence-electron chi connectivity index (χ3n) is 4.50. The van der Waals surface area contributed by atoms with Crippen molar-refractivity contribution in [1.82, 2.24) is 4.90 Å². The van der Waals surface area contributed by atoms with Crippen LogP contribution in [0.1, 0.15) is 16.7 Å². The van der Waals surface area contributed by atoms with E-state index in [0.29, 0.717) is 18.0 Å². The van der Waals surface area contributed by atoms with Gasteiger partial charge in [0.05, 0.1) is 11.6 Å². The molecule has 138 valence electrons. The molecule has 2 aromatic carbocycles. The van der Waals surface area contributed by atoms with Crippen molar-refractivity contribution in [1.29, 1.82) is 10.5 Å². The summed E-state index contributed by atoms with van der Waals surface area (Å²) in [6.45, 7) is 2.26. The maximum Gasteiger partial charge on any atom is 0.174 e. The molecule has 0 spiro atoms. The Kier molecular flexibility index (Phi) is 6.27. The number of ether oxygens (including phenoxy) is 2. The van der Waals surface area contributed by atoms with E-state index < -0.39 is 6.10 Å². The van der Waals surface area contributed by atoms with Gasteiger partial charge in [-0.2, -0.15) is 10.5 Å². The monoisotopic (exact) mass is 363 g/mol. The van der Waals surface area contributed by atoms with Gasteiger partial charge in [-0.05, 0) is 47.9 Å². The van der Waals surface area contributed by atoms with E-state index in [4.69, 9.17) is 14.7 Å². The summed E-state index contributed by atoms with van der Waals surface area (Å²) in [7, 11) is 0. The number of aliphatic hydroxyl groups is 1. The van der Waals surface area contributed by atoms with Gasteiger partial charge in [0.1, 0.15) is 30.3 Å². The van der Waals surface area contributed by atoms with Crippen molar-refractivity contribution in [3.63, 3.8) is 0 Å². The van der Waals surface area contributed by atoms with Crippen LogP contribution < -0.4 is 9.47 Å². The molecule has 0 amide bonds. The maximum atomic E-state index is 10.3. The number of fused-ring (bicyclic) bond motifs is 1. The van der Waals surface area contributed by atoms with Gasteiger partial charge < -0.3 is 14.6 Å². The van der Waals surface area contributed by atoms with E-state index >= 15 is 0 Å². The zero-order chi connectivity index (χ0) is 19.1. The van der Waals surface area contributed by atoms with Crippen LogP contribution in [-0.2, 0) is 13.0 Å². The largest absolute Gasteiger partial charge is 0.491 e. The molecule has 27 heavy (non-hydrogen) atoms. The third-order valence-corrected chi connectivity index (χ3v) is 4.50. The van der Waals surface area contributed by atoms with Gasteiger partial charge in [-0.25, -0.2) is 0 Å². The number of rotatable bonds is 7. The average Bonchev–Trinajstić information content (AvgIpc) is 2.70. The van der Waals surface area contributed by atoms with Gasteiger partial charge >= 0.3 is 0 Å². The van der Waals surface area contributed by atoms with E-state index in [1.54, 1.807) is 24.3 Å². The minimum Gasteiger partial charge on any atom is -0.491 e. The van der Waals surface area contributed by atoms with E-state index in [9.17, 15) is 10.4 Å². The van der Waals surface area contributed by atoms with Gasteiger partial charge in [-0.1, -0.05) is 12.1 Å². The summed E-state index contributed by atoms with van der Waals surface area (Å²) in [5, 5.41) is 28.0. The summed E-state index contributed by atoms with van der Waals surface area (Å²) in [6.07, 6.45) is 0.205. The highest BCUT2D eigenvalue weighted by Crippen LogP contribution is 2.22. The number of benzene rings is 2. The first-order valence-electron chi connectivity index (χ1n) is 8.83. The van der Waals surface area contributed by atoms with Crippen molar-refractivity contribution >= 4 is 0 Å². The molecule has 1 unspecified atom stereocenters. The molecule has 0 saturated heterocycles. The van der Waals surface area contributed by atoms with E-state index in [0.717, 1.165) is 36.2 Å². The molecular formula is C21H21N3O3. The van der Waals surface area contributed by atoms with Gasteiger partial charge in [0.2, 0.25) is 0 Å². The molecule has 0 aliphatic carbocycles. The fraction of sp³-hybridized carbons (Fsp3) is 0.333. The number of β-amino-alcohol motifs (C(OH)–C–C–N with tert-alkyl or cyclic N) is 1. The Balaban J connectivity index is 1.48. The summed E-state index contributed by atoms with van der Waals surface area (Å²) in [5.74, 6) is 1.24. The van der Waals surface area contributed by atoms with Gasteiger partial charge in [0, 0.05) is 19.6 Å². The van der Waals surface area contributed by atoms with Crippen LogP contribution in [-0.4, -0.2) is 42.4 Å². The van der Waals surface area contributed by atoms with Crippen LogP contribution in [0.3, 0.4) is 0 Å². The Labute approximate surface area is 158 Å². The van der Waals surface area contributed by atoms with Gasteiger partial charge in [-0.15, -0.1) is 0 Å². The van der Waals surface area contributed by atoms with Crippen molar-refractivity contribution < 1.29 is 14.6 Å². The highest BCUT2D eigenvalue weighted by Gasteiger charge is 2.20. The third kappa shape index (κ3) is 4.98. The predicted octanol–water partition coefficient (Wildman–Crippen LogP) is 2.26. The van der Waals surface area contributed by atoms with Crippen molar-refractivity contribution in [2.75, 3.05) is 26.3 Å². The molecule has 1 aliphatic heterocycles. The van der Waals surface area contributed by atoms with Crippen molar-refractivity contribution in [2.24, 2.45) is 0 Å². The lowest BCUT2D eigenvalue weighted by Gasteiger charge is -2.30. The minimum absolute atomic E-state index is 0.00768. The molecule has 0 bridgehead atoms. The zero-order valence-electron chi connectivity index (χ0n) is 15.0. The molecule has 6 heteroatoms. The minimum atomic E-state index is -0.611. The lowest BCUT2D eigenvalue weighted by molar-refractivity contribution is 0.0637. The van der Waals surface area contributed by atoms with Gasteiger partial charge in [0.15, 0.2) is 6.61 Å². The molecule has 2 aromatic rings. The van der Waals surface area contributed by atoms with Crippen molar-refractivity contribution in [3.8, 4) is 23.6 Å². The Morgan fingerprint density at radius 3 is 2.52 bits per heavy atom. The van der Waals surface area contributed by atoms with Crippen molar-refractivity contribution in [2.45, 2.75) is 19.1 Å². The summed E-state index contributed by atoms with van der Waals surface area (Å²) in [5.41, 5.74) is 3.03. The van der Waals surface area contributed by atoms with Crippen LogP contribution in [0.25, 0.3) is 0 Å². The number of hydrogen-bond acceptors (Lipinski definition) is 6. The molecule has 6 nitrogen and oxygen atoms in total. The lowest BCUT2D eigenvalue weighted by Crippen LogP contribution is -2.39. The molecule has 0 fully saturated rings. The molecular weight excluding hydrogens is 342 g/mol. The predicted molar refractivity (Wildman–Crippen MR) is 99.2 cm³/mol. The SMILES string of the molecule is N#CCOc1ccc(OCC(O)CN2CCc3c(C#N)cccc3C2)cc1. The molecule has 1 N–H and O–H groups in total. The van der Waals surface area contributed by atoms with Crippen LogP contribution in [0.4, 0.5) is 0 Å². The maximum absolute atomic E-state index is 10.3. The Hall–Kier alpha value is -3.06. The normalized spacial score (nSPS) is 14.5. The molecule has 0 aromatic heterocycles. The quantitative estimate of drug-likeness (QED) is 0.812. The van der Waals surface area contributed by atoms with Crippen LogP contribution in [0.5, 0.6) is 11.5 Å². The summed E-state index contributed by atoms with van der Waals surface area (Å²) in [4.78, 5) is 2.18. The van der Waals surface area contributed by atoms with Crippen LogP contribution in [0.15, 0.2) is 42.5 Å². The lowest BCUT2D eigenvalue weighted by atomic mass is 9.95. The second kappa shape index (κ2) is 9.05. The fourth-order valence-corrected chi connectivity index (χ4v) is 3.22. The Bertz CT molecular complexity index is 852. The fourth-order valence-electron chi connectivity index (χ4n) is 3.22. The van der Waals surface area contributed by atoms with Crippen LogP contribution in [0, 0.1) is 22.7 Å². The first-order chi connectivity index (χ1) is 13.2. The Morgan fingerprint density at radius 2 is 1.81 bits per heavy atom. The van der Waals surface area contributed by atoms with E-state index in [1.165, 1.54) is 0 Å². The molecule has 0 radical (unpaired) electrons. The molecule has 1 heterocycles.